The van der Waals surface area contributed by atoms with Crippen molar-refractivity contribution in [3.05, 3.63) is 29.8 Å². The molecule has 0 fully saturated rings. The van der Waals surface area contributed by atoms with Gasteiger partial charge in [0.1, 0.15) is 12.4 Å². The standard InChI is InChI=1S/C27H41ClN2O4S/c1-4-6-7-8-9-10-11-12-13-14-19-35-27-30-29-26(34-27)33-25(31)22-15-17-23(18-16-22)32-20-24(28)21(3)5-2/h15-18,21,24H,4-14,19-20H2,1-3H3/t21-,24+/m0/s1. The average Bonchev–Trinajstić information content (AvgIpc) is 3.32. The fourth-order valence-electron chi connectivity index (χ4n) is 3.47. The van der Waals surface area contributed by atoms with Crippen molar-refractivity contribution in [1.82, 2.24) is 10.2 Å². The fraction of sp³-hybridized carbons (Fsp3) is 0.667. The molecule has 8 heteroatoms. The molecule has 196 valence electrons. The van der Waals surface area contributed by atoms with E-state index in [2.05, 4.69) is 31.0 Å². The summed E-state index contributed by atoms with van der Waals surface area (Å²) in [6.45, 7) is 6.87. The first kappa shape index (κ1) is 29.5. The van der Waals surface area contributed by atoms with Crippen molar-refractivity contribution in [1.29, 1.82) is 0 Å². The zero-order chi connectivity index (χ0) is 25.3. The van der Waals surface area contributed by atoms with Gasteiger partial charge in [-0.1, -0.05) is 107 Å². The van der Waals surface area contributed by atoms with Crippen LogP contribution < -0.4 is 9.47 Å². The summed E-state index contributed by atoms with van der Waals surface area (Å²) < 4.78 is 16.4. The maximum absolute atomic E-state index is 12.4. The van der Waals surface area contributed by atoms with Crippen LogP contribution in [0.25, 0.3) is 0 Å². The number of esters is 1. The van der Waals surface area contributed by atoms with Crippen molar-refractivity contribution in [2.75, 3.05) is 12.4 Å². The van der Waals surface area contributed by atoms with Crippen molar-refractivity contribution < 1.29 is 18.7 Å². The molecule has 1 heterocycles. The number of aromatic nitrogens is 2. The van der Waals surface area contributed by atoms with E-state index < -0.39 is 5.97 Å². The van der Waals surface area contributed by atoms with Gasteiger partial charge in [-0.2, -0.15) is 0 Å². The first-order valence-corrected chi connectivity index (χ1v) is 14.5. The molecule has 0 unspecified atom stereocenters. The van der Waals surface area contributed by atoms with Gasteiger partial charge in [-0.05, 0) is 36.6 Å². The van der Waals surface area contributed by atoms with Crippen LogP contribution in [0.3, 0.4) is 0 Å². The minimum atomic E-state index is -0.554. The topological polar surface area (TPSA) is 74.5 Å². The predicted molar refractivity (Wildman–Crippen MR) is 143 cm³/mol. The maximum atomic E-state index is 12.4. The molecule has 0 amide bonds. The molecule has 0 radical (unpaired) electrons. The van der Waals surface area contributed by atoms with Crippen LogP contribution in [0, 0.1) is 5.92 Å². The number of hydrogen-bond donors (Lipinski definition) is 0. The van der Waals surface area contributed by atoms with E-state index in [9.17, 15) is 4.79 Å². The van der Waals surface area contributed by atoms with Crippen LogP contribution in [0.2, 0.25) is 0 Å². The molecular formula is C27H41ClN2O4S. The highest BCUT2D eigenvalue weighted by molar-refractivity contribution is 7.99. The zero-order valence-electron chi connectivity index (χ0n) is 21.5. The van der Waals surface area contributed by atoms with Gasteiger partial charge in [-0.25, -0.2) is 4.79 Å². The monoisotopic (exact) mass is 524 g/mol. The second-order valence-electron chi connectivity index (χ2n) is 8.99. The summed E-state index contributed by atoms with van der Waals surface area (Å²) >= 11 is 7.81. The van der Waals surface area contributed by atoms with E-state index in [1.165, 1.54) is 69.5 Å². The summed E-state index contributed by atoms with van der Waals surface area (Å²) in [6.07, 6.45) is 13.9. The highest BCUT2D eigenvalue weighted by Gasteiger charge is 2.16. The van der Waals surface area contributed by atoms with E-state index in [0.29, 0.717) is 29.1 Å². The number of carbonyl (C=O) groups is 1. The number of carbonyl (C=O) groups excluding carboxylic acids is 1. The Morgan fingerprint density at radius 1 is 0.971 bits per heavy atom. The quantitative estimate of drug-likeness (QED) is 0.0790. The molecule has 1 aromatic carbocycles. The van der Waals surface area contributed by atoms with Crippen molar-refractivity contribution in [3.63, 3.8) is 0 Å². The zero-order valence-corrected chi connectivity index (χ0v) is 23.0. The Balaban J connectivity index is 1.61. The van der Waals surface area contributed by atoms with Crippen LogP contribution in [0.5, 0.6) is 11.8 Å². The highest BCUT2D eigenvalue weighted by Crippen LogP contribution is 2.23. The Morgan fingerprint density at radius 2 is 1.60 bits per heavy atom. The Kier molecular flexibility index (Phi) is 14.9. The average molecular weight is 525 g/mol. The molecule has 6 nitrogen and oxygen atoms in total. The van der Waals surface area contributed by atoms with Gasteiger partial charge in [0.2, 0.25) is 0 Å². The summed E-state index contributed by atoms with van der Waals surface area (Å²) in [5.41, 5.74) is 0.375. The molecule has 1 aromatic heterocycles. The lowest BCUT2D eigenvalue weighted by Gasteiger charge is -2.16. The number of halogens is 1. The lowest BCUT2D eigenvalue weighted by molar-refractivity contribution is 0.0675. The number of ether oxygens (including phenoxy) is 2. The van der Waals surface area contributed by atoms with Crippen LogP contribution in [-0.2, 0) is 0 Å². The van der Waals surface area contributed by atoms with E-state index in [0.717, 1.165) is 18.6 Å². The third-order valence-corrected chi connectivity index (χ3v) is 7.51. The first-order valence-electron chi connectivity index (χ1n) is 13.1. The van der Waals surface area contributed by atoms with E-state index in [1.807, 2.05) is 0 Å². The van der Waals surface area contributed by atoms with Gasteiger partial charge in [0.05, 0.1) is 10.9 Å². The van der Waals surface area contributed by atoms with E-state index >= 15 is 0 Å². The second-order valence-corrected chi connectivity index (χ2v) is 10.6. The van der Waals surface area contributed by atoms with Gasteiger partial charge in [0.15, 0.2) is 0 Å². The Labute approximate surface area is 219 Å². The summed E-state index contributed by atoms with van der Waals surface area (Å²) in [6, 6.07) is 6.72. The van der Waals surface area contributed by atoms with Crippen LogP contribution in [0.1, 0.15) is 102 Å². The second kappa shape index (κ2) is 17.7. The number of unbranched alkanes of at least 4 members (excludes halogenated alkanes) is 9. The molecule has 0 aliphatic heterocycles. The molecule has 0 bridgehead atoms. The smallest absolute Gasteiger partial charge is 0.423 e. The van der Waals surface area contributed by atoms with E-state index in [4.69, 9.17) is 25.5 Å². The van der Waals surface area contributed by atoms with Gasteiger partial charge in [-0.15, -0.1) is 11.6 Å². The third kappa shape index (κ3) is 12.2. The van der Waals surface area contributed by atoms with Crippen molar-refractivity contribution in [3.8, 4) is 11.8 Å². The SMILES string of the molecule is CCCCCCCCCCCCSc1nnc(OC(=O)c2ccc(OC[C@@H](Cl)[C@@H](C)CC)cc2)o1. The number of benzene rings is 1. The van der Waals surface area contributed by atoms with Gasteiger partial charge in [0, 0.05) is 5.75 Å². The first-order chi connectivity index (χ1) is 17.0. The minimum Gasteiger partial charge on any atom is -0.492 e. The molecule has 0 aliphatic carbocycles. The van der Waals surface area contributed by atoms with Crippen LogP contribution in [0.15, 0.2) is 33.9 Å². The largest absolute Gasteiger partial charge is 0.492 e. The minimum absolute atomic E-state index is 0.0562. The molecule has 2 rings (SSSR count). The Hall–Kier alpha value is -1.73. The summed E-state index contributed by atoms with van der Waals surface area (Å²) in [7, 11) is 0. The lowest BCUT2D eigenvalue weighted by atomic mass is 10.1. The fourth-order valence-corrected chi connectivity index (χ4v) is 4.46. The van der Waals surface area contributed by atoms with Crippen LogP contribution >= 0.6 is 23.4 Å². The normalized spacial score (nSPS) is 12.9. The van der Waals surface area contributed by atoms with Gasteiger partial charge >= 0.3 is 12.0 Å². The molecule has 35 heavy (non-hydrogen) atoms. The number of alkyl halides is 1. The van der Waals surface area contributed by atoms with Crippen LogP contribution in [0.4, 0.5) is 0 Å². The summed E-state index contributed by atoms with van der Waals surface area (Å²) in [5.74, 6) is 1.38. The van der Waals surface area contributed by atoms with Gasteiger partial charge in [0.25, 0.3) is 5.22 Å². The highest BCUT2D eigenvalue weighted by atomic mass is 35.5. The van der Waals surface area contributed by atoms with Crippen molar-refractivity contribution >= 4 is 29.3 Å². The number of thioether (sulfide) groups is 1. The molecule has 0 aliphatic rings. The van der Waals surface area contributed by atoms with Gasteiger partial charge in [-0.3, -0.25) is 0 Å². The summed E-state index contributed by atoms with van der Waals surface area (Å²) in [5, 5.41) is 8.15. The molecule has 0 spiro atoms. The van der Waals surface area contributed by atoms with Gasteiger partial charge < -0.3 is 13.9 Å². The molecular weight excluding hydrogens is 484 g/mol. The lowest BCUT2D eigenvalue weighted by Crippen LogP contribution is -2.19. The Morgan fingerprint density at radius 3 is 2.23 bits per heavy atom. The number of hydrogen-bond acceptors (Lipinski definition) is 7. The van der Waals surface area contributed by atoms with Crippen LogP contribution in [-0.4, -0.2) is 33.9 Å². The number of rotatable bonds is 19. The molecule has 0 saturated carbocycles. The third-order valence-electron chi connectivity index (χ3n) is 6.05. The van der Waals surface area contributed by atoms with Crippen molar-refractivity contribution in [2.24, 2.45) is 5.92 Å². The molecule has 0 N–H and O–H groups in total. The molecule has 2 atom stereocenters. The molecule has 0 saturated heterocycles. The van der Waals surface area contributed by atoms with Crippen molar-refractivity contribution in [2.45, 2.75) is 102 Å². The molecule has 2 aromatic rings. The predicted octanol–water partition coefficient (Wildman–Crippen LogP) is 8.33. The van der Waals surface area contributed by atoms with E-state index in [1.54, 1.807) is 24.3 Å². The Bertz CT molecular complexity index is 831. The van der Waals surface area contributed by atoms with E-state index in [-0.39, 0.29) is 11.5 Å². The number of nitrogens with zero attached hydrogens (tertiary/aromatic N) is 2. The maximum Gasteiger partial charge on any atom is 0.423 e. The summed E-state index contributed by atoms with van der Waals surface area (Å²) in [4.78, 5) is 12.4.